The number of hydrogen-bond donors (Lipinski definition) is 3. The lowest BCUT2D eigenvalue weighted by molar-refractivity contribution is -0.385. The SMILES string of the molecule is Cc1c(NC(=O)NCC(O)c2ccc(F)cc2)cccc1[N+](=O)[O-]. The number of urea groups is 1. The molecule has 0 saturated heterocycles. The summed E-state index contributed by atoms with van der Waals surface area (Å²) in [6.45, 7) is 1.44. The van der Waals surface area contributed by atoms with E-state index in [2.05, 4.69) is 10.6 Å². The topological polar surface area (TPSA) is 104 Å². The quantitative estimate of drug-likeness (QED) is 0.578. The average molecular weight is 333 g/mol. The number of aliphatic hydroxyl groups excluding tert-OH is 1. The molecule has 0 heterocycles. The van der Waals surface area contributed by atoms with Gasteiger partial charge in [0.05, 0.1) is 22.3 Å². The van der Waals surface area contributed by atoms with Gasteiger partial charge in [0.1, 0.15) is 5.82 Å². The van der Waals surface area contributed by atoms with Crippen molar-refractivity contribution >= 4 is 17.4 Å². The monoisotopic (exact) mass is 333 g/mol. The van der Waals surface area contributed by atoms with Gasteiger partial charge in [0.15, 0.2) is 0 Å². The van der Waals surface area contributed by atoms with Crippen LogP contribution in [0, 0.1) is 22.9 Å². The first-order valence-corrected chi connectivity index (χ1v) is 7.11. The van der Waals surface area contributed by atoms with Crippen molar-refractivity contribution in [1.82, 2.24) is 5.32 Å². The minimum atomic E-state index is -0.998. The standard InChI is InChI=1S/C16H16FN3O4/c1-10-13(3-2-4-14(10)20(23)24)19-16(22)18-9-15(21)11-5-7-12(17)8-6-11/h2-8,15,21H,9H2,1H3,(H2,18,19,22). The van der Waals surface area contributed by atoms with Crippen LogP contribution in [0.3, 0.4) is 0 Å². The summed E-state index contributed by atoms with van der Waals surface area (Å²) < 4.78 is 12.8. The summed E-state index contributed by atoms with van der Waals surface area (Å²) in [6.07, 6.45) is -0.998. The van der Waals surface area contributed by atoms with Crippen LogP contribution >= 0.6 is 0 Å². The summed E-state index contributed by atoms with van der Waals surface area (Å²) in [6, 6.07) is 9.01. The first kappa shape index (κ1) is 17.4. The summed E-state index contributed by atoms with van der Waals surface area (Å²) in [4.78, 5) is 22.2. The Labute approximate surface area is 137 Å². The van der Waals surface area contributed by atoms with Crippen molar-refractivity contribution in [3.8, 4) is 0 Å². The van der Waals surface area contributed by atoms with E-state index < -0.39 is 22.9 Å². The van der Waals surface area contributed by atoms with Crippen molar-refractivity contribution in [2.45, 2.75) is 13.0 Å². The molecule has 0 saturated carbocycles. The molecule has 0 aliphatic carbocycles. The molecule has 1 atom stereocenters. The number of nitro benzene ring substituents is 1. The van der Waals surface area contributed by atoms with Crippen molar-refractivity contribution in [2.75, 3.05) is 11.9 Å². The summed E-state index contributed by atoms with van der Waals surface area (Å²) in [5, 5.41) is 25.8. The second kappa shape index (κ2) is 7.51. The molecule has 0 radical (unpaired) electrons. The van der Waals surface area contributed by atoms with E-state index >= 15 is 0 Å². The molecule has 2 aromatic carbocycles. The molecule has 24 heavy (non-hydrogen) atoms. The first-order valence-electron chi connectivity index (χ1n) is 7.11. The molecule has 3 N–H and O–H groups in total. The number of halogens is 1. The number of nitrogens with zero attached hydrogens (tertiary/aromatic N) is 1. The summed E-state index contributed by atoms with van der Waals surface area (Å²) in [5.41, 5.74) is 0.997. The van der Waals surface area contributed by atoms with Crippen LogP contribution in [0.1, 0.15) is 17.2 Å². The molecule has 126 valence electrons. The Morgan fingerprint density at radius 1 is 1.29 bits per heavy atom. The highest BCUT2D eigenvalue weighted by Gasteiger charge is 2.15. The van der Waals surface area contributed by atoms with E-state index in [1.165, 1.54) is 49.4 Å². The van der Waals surface area contributed by atoms with Gasteiger partial charge in [-0.05, 0) is 30.7 Å². The molecule has 0 spiro atoms. The van der Waals surface area contributed by atoms with Gasteiger partial charge in [-0.3, -0.25) is 10.1 Å². The Balaban J connectivity index is 1.95. The minimum Gasteiger partial charge on any atom is -0.387 e. The highest BCUT2D eigenvalue weighted by molar-refractivity contribution is 5.90. The van der Waals surface area contributed by atoms with E-state index in [1.807, 2.05) is 0 Å². The Kier molecular flexibility index (Phi) is 5.43. The number of hydrogen-bond acceptors (Lipinski definition) is 4. The number of nitrogens with one attached hydrogen (secondary N) is 2. The number of benzene rings is 2. The first-order chi connectivity index (χ1) is 11.4. The third-order valence-electron chi connectivity index (χ3n) is 3.46. The maximum Gasteiger partial charge on any atom is 0.319 e. The smallest absolute Gasteiger partial charge is 0.319 e. The molecule has 8 heteroatoms. The van der Waals surface area contributed by atoms with Crippen molar-refractivity contribution in [1.29, 1.82) is 0 Å². The van der Waals surface area contributed by atoms with Gasteiger partial charge in [0.25, 0.3) is 5.69 Å². The van der Waals surface area contributed by atoms with Crippen LogP contribution in [0.15, 0.2) is 42.5 Å². The number of amides is 2. The molecule has 1 unspecified atom stereocenters. The Morgan fingerprint density at radius 2 is 1.96 bits per heavy atom. The van der Waals surface area contributed by atoms with E-state index in [9.17, 15) is 24.4 Å². The van der Waals surface area contributed by atoms with E-state index in [0.717, 1.165) is 0 Å². The Morgan fingerprint density at radius 3 is 2.58 bits per heavy atom. The molecule has 0 aliphatic heterocycles. The Hall–Kier alpha value is -3.00. The van der Waals surface area contributed by atoms with Crippen molar-refractivity contribution in [3.63, 3.8) is 0 Å². The lowest BCUT2D eigenvalue weighted by Crippen LogP contribution is -2.32. The number of rotatable bonds is 5. The van der Waals surface area contributed by atoms with Gasteiger partial charge >= 0.3 is 6.03 Å². The predicted molar refractivity (Wildman–Crippen MR) is 86.2 cm³/mol. The summed E-state index contributed by atoms with van der Waals surface area (Å²) in [5.74, 6) is -0.419. The van der Waals surface area contributed by atoms with Crippen LogP contribution in [-0.4, -0.2) is 22.6 Å². The van der Waals surface area contributed by atoms with Gasteiger partial charge in [-0.15, -0.1) is 0 Å². The number of nitro groups is 1. The van der Waals surface area contributed by atoms with Crippen LogP contribution in [0.5, 0.6) is 0 Å². The second-order valence-corrected chi connectivity index (χ2v) is 5.11. The molecular formula is C16H16FN3O4. The third kappa shape index (κ3) is 4.26. The maximum atomic E-state index is 12.8. The molecule has 0 aromatic heterocycles. The Bertz CT molecular complexity index is 749. The normalized spacial score (nSPS) is 11.6. The van der Waals surface area contributed by atoms with Crippen LogP contribution in [0.2, 0.25) is 0 Å². The lowest BCUT2D eigenvalue weighted by atomic mass is 10.1. The molecule has 0 bridgehead atoms. The van der Waals surface area contributed by atoms with E-state index in [-0.39, 0.29) is 12.2 Å². The van der Waals surface area contributed by atoms with Crippen LogP contribution < -0.4 is 10.6 Å². The number of aliphatic hydroxyl groups is 1. The zero-order valence-corrected chi connectivity index (χ0v) is 12.8. The summed E-state index contributed by atoms with van der Waals surface area (Å²) >= 11 is 0. The van der Waals surface area contributed by atoms with Gasteiger partial charge in [-0.2, -0.15) is 0 Å². The van der Waals surface area contributed by atoms with Crippen LogP contribution in [0.4, 0.5) is 20.6 Å². The van der Waals surface area contributed by atoms with Crippen LogP contribution in [-0.2, 0) is 0 Å². The zero-order valence-electron chi connectivity index (χ0n) is 12.8. The molecule has 2 rings (SSSR count). The maximum absolute atomic E-state index is 12.8. The van der Waals surface area contributed by atoms with Gasteiger partial charge in [0, 0.05) is 12.6 Å². The van der Waals surface area contributed by atoms with Gasteiger partial charge in [-0.25, -0.2) is 9.18 Å². The minimum absolute atomic E-state index is 0.0918. The molecule has 7 nitrogen and oxygen atoms in total. The molecule has 0 fully saturated rings. The van der Waals surface area contributed by atoms with Gasteiger partial charge in [-0.1, -0.05) is 18.2 Å². The molecule has 2 aromatic rings. The molecule has 2 amide bonds. The number of anilines is 1. The average Bonchev–Trinajstić information content (AvgIpc) is 2.55. The largest absolute Gasteiger partial charge is 0.387 e. The second-order valence-electron chi connectivity index (χ2n) is 5.11. The van der Waals surface area contributed by atoms with E-state index in [0.29, 0.717) is 16.8 Å². The zero-order chi connectivity index (χ0) is 17.7. The van der Waals surface area contributed by atoms with Gasteiger partial charge in [0.2, 0.25) is 0 Å². The molecular weight excluding hydrogens is 317 g/mol. The van der Waals surface area contributed by atoms with Crippen molar-refractivity contribution in [3.05, 3.63) is 69.5 Å². The fourth-order valence-electron chi connectivity index (χ4n) is 2.12. The van der Waals surface area contributed by atoms with E-state index in [4.69, 9.17) is 0 Å². The molecule has 0 aliphatic rings. The fourth-order valence-corrected chi connectivity index (χ4v) is 2.12. The number of carbonyl (C=O) groups excluding carboxylic acids is 1. The van der Waals surface area contributed by atoms with Crippen LogP contribution in [0.25, 0.3) is 0 Å². The van der Waals surface area contributed by atoms with Crippen molar-refractivity contribution < 1.29 is 19.2 Å². The van der Waals surface area contributed by atoms with Crippen molar-refractivity contribution in [2.24, 2.45) is 0 Å². The van der Waals surface area contributed by atoms with Gasteiger partial charge < -0.3 is 15.7 Å². The van der Waals surface area contributed by atoms with E-state index in [1.54, 1.807) is 0 Å². The highest BCUT2D eigenvalue weighted by atomic mass is 19.1. The highest BCUT2D eigenvalue weighted by Crippen LogP contribution is 2.24. The fraction of sp³-hybridized carbons (Fsp3) is 0.188. The summed E-state index contributed by atoms with van der Waals surface area (Å²) in [7, 11) is 0. The third-order valence-corrected chi connectivity index (χ3v) is 3.46. The number of carbonyl (C=O) groups is 1. The predicted octanol–water partition coefficient (Wildman–Crippen LogP) is 2.90. The lowest BCUT2D eigenvalue weighted by Gasteiger charge is -2.14.